The van der Waals surface area contributed by atoms with Gasteiger partial charge in [0.05, 0.1) is 5.56 Å². The highest BCUT2D eigenvalue weighted by Crippen LogP contribution is 2.42. The molecule has 0 unspecified atom stereocenters. The van der Waals surface area contributed by atoms with Crippen molar-refractivity contribution in [1.29, 1.82) is 0 Å². The molecule has 1 fully saturated rings. The van der Waals surface area contributed by atoms with E-state index in [2.05, 4.69) is 5.32 Å². The van der Waals surface area contributed by atoms with E-state index in [1.807, 2.05) is 0 Å². The molecule has 5 heteroatoms. The molecule has 0 aliphatic heterocycles. The first-order valence-corrected chi connectivity index (χ1v) is 7.34. The van der Waals surface area contributed by atoms with Crippen LogP contribution in [0.15, 0.2) is 24.3 Å². The van der Waals surface area contributed by atoms with Crippen LogP contribution in [0.2, 0.25) is 0 Å². The van der Waals surface area contributed by atoms with Crippen molar-refractivity contribution in [2.24, 2.45) is 11.1 Å². The summed E-state index contributed by atoms with van der Waals surface area (Å²) in [4.78, 5) is 23.0. The Bertz CT molecular complexity index is 518. The number of carboxylic acid groups (broad SMARTS) is 1. The molecule has 0 heterocycles. The molecule has 21 heavy (non-hydrogen) atoms. The molecule has 1 saturated carbocycles. The van der Waals surface area contributed by atoms with Gasteiger partial charge in [-0.1, -0.05) is 24.6 Å². The summed E-state index contributed by atoms with van der Waals surface area (Å²) >= 11 is 0. The minimum atomic E-state index is -0.937. The fourth-order valence-corrected chi connectivity index (χ4v) is 2.82. The average Bonchev–Trinajstić information content (AvgIpc) is 2.43. The second-order valence-electron chi connectivity index (χ2n) is 5.80. The van der Waals surface area contributed by atoms with Crippen LogP contribution in [0.25, 0.3) is 0 Å². The number of nitrogens with two attached hydrogens (primary N) is 1. The maximum Gasteiger partial charge on any atom is 0.335 e. The number of hydrogen-bond acceptors (Lipinski definition) is 3. The van der Waals surface area contributed by atoms with Gasteiger partial charge in [-0.2, -0.15) is 0 Å². The van der Waals surface area contributed by atoms with Gasteiger partial charge in [-0.05, 0) is 42.9 Å². The zero-order valence-electron chi connectivity index (χ0n) is 12.1. The molecule has 0 aromatic heterocycles. The lowest BCUT2D eigenvalue weighted by atomic mass is 9.66. The van der Waals surface area contributed by atoms with Crippen LogP contribution < -0.4 is 11.1 Å². The molecule has 1 amide bonds. The summed E-state index contributed by atoms with van der Waals surface area (Å²) in [6, 6.07) is 6.87. The Balaban J connectivity index is 1.82. The molecule has 0 atom stereocenters. The highest BCUT2D eigenvalue weighted by atomic mass is 16.4. The third-order valence-corrected chi connectivity index (χ3v) is 4.35. The van der Waals surface area contributed by atoms with Crippen molar-refractivity contribution in [2.75, 3.05) is 13.1 Å². The molecule has 0 bridgehead atoms. The Morgan fingerprint density at radius 3 is 2.57 bits per heavy atom. The van der Waals surface area contributed by atoms with Gasteiger partial charge in [-0.25, -0.2) is 4.79 Å². The summed E-state index contributed by atoms with van der Waals surface area (Å²) < 4.78 is 0. The molecule has 5 nitrogen and oxygen atoms in total. The lowest BCUT2D eigenvalue weighted by Crippen LogP contribution is -2.42. The topological polar surface area (TPSA) is 92.4 Å². The Morgan fingerprint density at radius 1 is 1.29 bits per heavy atom. The number of rotatable bonds is 7. The summed E-state index contributed by atoms with van der Waals surface area (Å²) in [5.41, 5.74) is 6.78. The maximum atomic E-state index is 11.9. The Morgan fingerprint density at radius 2 is 2.00 bits per heavy atom. The molecular formula is C16H22N2O3. The average molecular weight is 290 g/mol. The third kappa shape index (κ3) is 3.82. The van der Waals surface area contributed by atoms with E-state index in [9.17, 15) is 9.59 Å². The second kappa shape index (κ2) is 6.72. The van der Waals surface area contributed by atoms with Crippen molar-refractivity contribution in [3.63, 3.8) is 0 Å². The number of carbonyl (C=O) groups is 2. The minimum absolute atomic E-state index is 0.00303. The number of carbonyl (C=O) groups excluding carboxylic acids is 1. The summed E-state index contributed by atoms with van der Waals surface area (Å²) in [5, 5.41) is 12.0. The van der Waals surface area contributed by atoms with E-state index in [-0.39, 0.29) is 11.3 Å². The van der Waals surface area contributed by atoms with Crippen molar-refractivity contribution < 1.29 is 14.7 Å². The van der Waals surface area contributed by atoms with E-state index in [0.29, 0.717) is 31.5 Å². The van der Waals surface area contributed by atoms with Gasteiger partial charge in [0.15, 0.2) is 0 Å². The van der Waals surface area contributed by atoms with Gasteiger partial charge >= 0.3 is 5.97 Å². The quantitative estimate of drug-likeness (QED) is 0.710. The molecule has 114 valence electrons. The van der Waals surface area contributed by atoms with Crippen LogP contribution in [0.1, 0.15) is 41.6 Å². The van der Waals surface area contributed by atoms with E-state index < -0.39 is 5.97 Å². The standard InChI is InChI=1S/C16H22N2O3/c17-11-16(7-3-8-16)10-14(19)18-9-6-12-4-1-2-5-13(12)15(20)21/h1-2,4-5H,3,6-11,17H2,(H,18,19)(H,20,21). The minimum Gasteiger partial charge on any atom is -0.478 e. The number of hydrogen-bond donors (Lipinski definition) is 3. The maximum absolute atomic E-state index is 11.9. The molecule has 4 N–H and O–H groups in total. The SMILES string of the molecule is NCC1(CC(=O)NCCc2ccccc2C(=O)O)CCC1. The van der Waals surface area contributed by atoms with Gasteiger partial charge in [-0.3, -0.25) is 4.79 Å². The first-order valence-electron chi connectivity index (χ1n) is 7.34. The predicted octanol–water partition coefficient (Wildman–Crippen LogP) is 1.56. The van der Waals surface area contributed by atoms with E-state index in [1.165, 1.54) is 0 Å². The summed E-state index contributed by atoms with van der Waals surface area (Å²) in [6.45, 7) is 1.01. The Hall–Kier alpha value is -1.88. The zero-order chi connectivity index (χ0) is 15.3. The highest BCUT2D eigenvalue weighted by molar-refractivity contribution is 5.89. The number of amides is 1. The van der Waals surface area contributed by atoms with E-state index >= 15 is 0 Å². The van der Waals surface area contributed by atoms with Crippen molar-refractivity contribution in [3.8, 4) is 0 Å². The van der Waals surface area contributed by atoms with Crippen LogP contribution >= 0.6 is 0 Å². The van der Waals surface area contributed by atoms with Crippen molar-refractivity contribution >= 4 is 11.9 Å². The zero-order valence-corrected chi connectivity index (χ0v) is 12.1. The number of benzene rings is 1. The smallest absolute Gasteiger partial charge is 0.335 e. The Labute approximate surface area is 124 Å². The molecule has 0 radical (unpaired) electrons. The van der Waals surface area contributed by atoms with Crippen LogP contribution in [0.4, 0.5) is 0 Å². The summed E-state index contributed by atoms with van der Waals surface area (Å²) in [6.07, 6.45) is 4.20. The Kier molecular flexibility index (Phi) is 4.96. The van der Waals surface area contributed by atoms with Crippen LogP contribution in [-0.2, 0) is 11.2 Å². The fraction of sp³-hybridized carbons (Fsp3) is 0.500. The van der Waals surface area contributed by atoms with Crippen LogP contribution in [0.5, 0.6) is 0 Å². The molecule has 1 aromatic carbocycles. The molecule has 2 rings (SSSR count). The monoisotopic (exact) mass is 290 g/mol. The van der Waals surface area contributed by atoms with Crippen molar-refractivity contribution in [1.82, 2.24) is 5.32 Å². The molecule has 0 saturated heterocycles. The first-order chi connectivity index (χ1) is 10.1. The van der Waals surface area contributed by atoms with E-state index in [4.69, 9.17) is 10.8 Å². The van der Waals surface area contributed by atoms with Crippen LogP contribution in [0.3, 0.4) is 0 Å². The van der Waals surface area contributed by atoms with Crippen molar-refractivity contribution in [3.05, 3.63) is 35.4 Å². The van der Waals surface area contributed by atoms with Gasteiger partial charge in [0.1, 0.15) is 0 Å². The molecular weight excluding hydrogens is 268 g/mol. The molecule has 1 aromatic rings. The second-order valence-corrected chi connectivity index (χ2v) is 5.80. The van der Waals surface area contributed by atoms with Crippen LogP contribution in [-0.4, -0.2) is 30.1 Å². The summed E-state index contributed by atoms with van der Waals surface area (Å²) in [7, 11) is 0. The van der Waals surface area contributed by atoms with Gasteiger partial charge < -0.3 is 16.2 Å². The lowest BCUT2D eigenvalue weighted by molar-refractivity contribution is -0.124. The van der Waals surface area contributed by atoms with Crippen LogP contribution in [0, 0.1) is 5.41 Å². The molecule has 1 aliphatic carbocycles. The highest BCUT2D eigenvalue weighted by Gasteiger charge is 2.37. The normalized spacial score (nSPS) is 16.0. The van der Waals surface area contributed by atoms with Gasteiger partial charge in [0.2, 0.25) is 5.91 Å². The van der Waals surface area contributed by atoms with Crippen molar-refractivity contribution in [2.45, 2.75) is 32.1 Å². The van der Waals surface area contributed by atoms with Gasteiger partial charge in [0, 0.05) is 13.0 Å². The predicted molar refractivity (Wildman–Crippen MR) is 80.1 cm³/mol. The fourth-order valence-electron chi connectivity index (χ4n) is 2.82. The summed E-state index contributed by atoms with van der Waals surface area (Å²) in [5.74, 6) is -0.929. The van der Waals surface area contributed by atoms with Gasteiger partial charge in [-0.15, -0.1) is 0 Å². The lowest BCUT2D eigenvalue weighted by Gasteiger charge is -2.40. The van der Waals surface area contributed by atoms with Gasteiger partial charge in [0.25, 0.3) is 0 Å². The molecule has 0 spiro atoms. The largest absolute Gasteiger partial charge is 0.478 e. The number of aromatic carboxylic acids is 1. The van der Waals surface area contributed by atoms with E-state index in [1.54, 1.807) is 24.3 Å². The molecule has 1 aliphatic rings. The number of carboxylic acids is 1. The first kappa shape index (κ1) is 15.5. The number of nitrogens with one attached hydrogen (secondary N) is 1. The third-order valence-electron chi connectivity index (χ3n) is 4.35. The van der Waals surface area contributed by atoms with E-state index in [0.717, 1.165) is 24.8 Å².